The van der Waals surface area contributed by atoms with Crippen molar-refractivity contribution in [2.24, 2.45) is 0 Å². The zero-order valence-electron chi connectivity index (χ0n) is 14.1. The molecule has 3 aliphatic rings. The Kier molecular flexibility index (Phi) is 4.64. The molecule has 2 aliphatic heterocycles. The fraction of sp³-hybridized carbons (Fsp3) is 0.778. The van der Waals surface area contributed by atoms with Crippen molar-refractivity contribution < 1.29 is 0 Å². The van der Waals surface area contributed by atoms with Gasteiger partial charge in [-0.1, -0.05) is 12.8 Å². The molecule has 4 rings (SSSR count). The number of aromatic nitrogens is 2. The van der Waals surface area contributed by atoms with Crippen molar-refractivity contribution in [1.82, 2.24) is 15.3 Å². The molecule has 1 aliphatic carbocycles. The van der Waals surface area contributed by atoms with E-state index in [9.17, 15) is 0 Å². The second-order valence-corrected chi connectivity index (χ2v) is 7.24. The van der Waals surface area contributed by atoms with Gasteiger partial charge < -0.3 is 15.5 Å². The number of nitrogens with one attached hydrogen (secondary N) is 2. The zero-order chi connectivity index (χ0) is 15.5. The first-order valence-corrected chi connectivity index (χ1v) is 9.52. The number of fused-ring (bicyclic) bond motifs is 1. The summed E-state index contributed by atoms with van der Waals surface area (Å²) in [5, 5.41) is 7.06. The Morgan fingerprint density at radius 2 is 1.83 bits per heavy atom. The maximum atomic E-state index is 4.98. The van der Waals surface area contributed by atoms with Gasteiger partial charge in [0.1, 0.15) is 5.82 Å². The van der Waals surface area contributed by atoms with Crippen LogP contribution in [0, 0.1) is 0 Å². The summed E-state index contributed by atoms with van der Waals surface area (Å²) >= 11 is 0. The van der Waals surface area contributed by atoms with Crippen LogP contribution < -0.4 is 15.5 Å². The van der Waals surface area contributed by atoms with Gasteiger partial charge in [-0.25, -0.2) is 4.98 Å². The Bertz CT molecular complexity index is 530. The molecule has 0 aromatic carbocycles. The second kappa shape index (κ2) is 7.04. The van der Waals surface area contributed by atoms with Crippen LogP contribution in [0.3, 0.4) is 0 Å². The standard InChI is InChI=1S/C18H29N5/c1-2-4-12-23(11-3-1)17-15-8-5-9-16(15)21-18(22-17)20-14-7-6-10-19-13-14/h14,19H,1-13H2,(H,20,21,22)/t14-/m0/s1. The molecular formula is C18H29N5. The first-order chi connectivity index (χ1) is 11.4. The van der Waals surface area contributed by atoms with E-state index in [1.165, 1.54) is 62.0 Å². The average Bonchev–Trinajstić information content (AvgIpc) is 2.88. The second-order valence-electron chi connectivity index (χ2n) is 7.24. The highest BCUT2D eigenvalue weighted by molar-refractivity contribution is 5.54. The normalized spacial score (nSPS) is 25.0. The number of hydrogen-bond acceptors (Lipinski definition) is 5. The highest BCUT2D eigenvalue weighted by Gasteiger charge is 2.24. The summed E-state index contributed by atoms with van der Waals surface area (Å²) in [6.07, 6.45) is 11.3. The minimum atomic E-state index is 0.472. The van der Waals surface area contributed by atoms with Gasteiger partial charge in [0.25, 0.3) is 0 Å². The molecule has 0 spiro atoms. The van der Waals surface area contributed by atoms with Crippen molar-refractivity contribution in [1.29, 1.82) is 0 Å². The Balaban J connectivity index is 1.59. The summed E-state index contributed by atoms with van der Waals surface area (Å²) in [6.45, 7) is 4.49. The molecule has 2 N–H and O–H groups in total. The van der Waals surface area contributed by atoms with Crippen molar-refractivity contribution in [3.63, 3.8) is 0 Å². The Hall–Kier alpha value is -1.36. The summed E-state index contributed by atoms with van der Waals surface area (Å²) in [6, 6.07) is 0.472. The molecule has 1 aromatic rings. The molecule has 0 bridgehead atoms. The van der Waals surface area contributed by atoms with Crippen molar-refractivity contribution in [3.8, 4) is 0 Å². The van der Waals surface area contributed by atoms with Gasteiger partial charge in [-0.05, 0) is 51.5 Å². The molecule has 23 heavy (non-hydrogen) atoms. The van der Waals surface area contributed by atoms with E-state index in [4.69, 9.17) is 9.97 Å². The lowest BCUT2D eigenvalue weighted by molar-refractivity contribution is 0.478. The lowest BCUT2D eigenvalue weighted by Gasteiger charge is -2.27. The number of aryl methyl sites for hydroxylation is 1. The zero-order valence-corrected chi connectivity index (χ0v) is 14.1. The van der Waals surface area contributed by atoms with E-state index in [2.05, 4.69) is 15.5 Å². The van der Waals surface area contributed by atoms with Crippen LogP contribution in [-0.4, -0.2) is 42.2 Å². The van der Waals surface area contributed by atoms with Gasteiger partial charge >= 0.3 is 0 Å². The monoisotopic (exact) mass is 315 g/mol. The van der Waals surface area contributed by atoms with Crippen molar-refractivity contribution in [3.05, 3.63) is 11.3 Å². The first kappa shape index (κ1) is 15.2. The lowest BCUT2D eigenvalue weighted by atomic mass is 10.1. The molecule has 126 valence electrons. The summed E-state index contributed by atoms with van der Waals surface area (Å²) in [5.74, 6) is 2.10. The van der Waals surface area contributed by atoms with E-state index in [1.807, 2.05) is 0 Å². The Morgan fingerprint density at radius 3 is 2.61 bits per heavy atom. The molecule has 5 nitrogen and oxygen atoms in total. The van der Waals surface area contributed by atoms with E-state index in [0.29, 0.717) is 6.04 Å². The third kappa shape index (κ3) is 3.44. The van der Waals surface area contributed by atoms with Gasteiger partial charge in [0.05, 0.1) is 5.69 Å². The van der Waals surface area contributed by atoms with Crippen LogP contribution in [-0.2, 0) is 12.8 Å². The quantitative estimate of drug-likeness (QED) is 0.897. The van der Waals surface area contributed by atoms with Crippen molar-refractivity contribution in [2.75, 3.05) is 36.4 Å². The number of rotatable bonds is 3. The Morgan fingerprint density at radius 1 is 0.957 bits per heavy atom. The summed E-state index contributed by atoms with van der Waals surface area (Å²) < 4.78 is 0. The van der Waals surface area contributed by atoms with Gasteiger partial charge in [-0.3, -0.25) is 0 Å². The minimum Gasteiger partial charge on any atom is -0.356 e. The summed E-state index contributed by atoms with van der Waals surface area (Å²) in [4.78, 5) is 12.4. The molecule has 0 amide bonds. The largest absolute Gasteiger partial charge is 0.356 e. The predicted molar refractivity (Wildman–Crippen MR) is 94.3 cm³/mol. The fourth-order valence-electron chi connectivity index (χ4n) is 4.18. The maximum Gasteiger partial charge on any atom is 0.225 e. The van der Waals surface area contributed by atoms with Gasteiger partial charge in [-0.2, -0.15) is 4.98 Å². The molecule has 0 saturated carbocycles. The third-order valence-electron chi connectivity index (χ3n) is 5.45. The number of anilines is 2. The topological polar surface area (TPSA) is 53.1 Å². The van der Waals surface area contributed by atoms with Crippen LogP contribution in [0.1, 0.15) is 56.2 Å². The van der Waals surface area contributed by atoms with E-state index < -0.39 is 0 Å². The third-order valence-corrected chi connectivity index (χ3v) is 5.45. The van der Waals surface area contributed by atoms with Gasteiger partial charge in [0.2, 0.25) is 5.95 Å². The van der Waals surface area contributed by atoms with Gasteiger partial charge in [-0.15, -0.1) is 0 Å². The van der Waals surface area contributed by atoms with Crippen LogP contribution in [0.5, 0.6) is 0 Å². The molecule has 3 heterocycles. The highest BCUT2D eigenvalue weighted by Crippen LogP contribution is 2.31. The van der Waals surface area contributed by atoms with Crippen LogP contribution >= 0.6 is 0 Å². The highest BCUT2D eigenvalue weighted by atomic mass is 15.2. The molecule has 5 heteroatoms. The number of piperidine rings is 1. The molecule has 0 unspecified atom stereocenters. The molecule has 1 atom stereocenters. The van der Waals surface area contributed by atoms with Crippen LogP contribution in [0.4, 0.5) is 11.8 Å². The van der Waals surface area contributed by atoms with Crippen LogP contribution in [0.25, 0.3) is 0 Å². The summed E-state index contributed by atoms with van der Waals surface area (Å²) in [7, 11) is 0. The predicted octanol–water partition coefficient (Wildman–Crippen LogP) is 2.51. The molecule has 1 aromatic heterocycles. The lowest BCUT2D eigenvalue weighted by Crippen LogP contribution is -2.39. The molecule has 2 saturated heterocycles. The van der Waals surface area contributed by atoms with E-state index in [0.717, 1.165) is 45.0 Å². The van der Waals surface area contributed by atoms with E-state index >= 15 is 0 Å². The number of nitrogens with zero attached hydrogens (tertiary/aromatic N) is 3. The van der Waals surface area contributed by atoms with Gasteiger partial charge in [0.15, 0.2) is 0 Å². The average molecular weight is 315 g/mol. The van der Waals surface area contributed by atoms with Crippen molar-refractivity contribution >= 4 is 11.8 Å². The van der Waals surface area contributed by atoms with Crippen LogP contribution in [0.2, 0.25) is 0 Å². The van der Waals surface area contributed by atoms with Crippen molar-refractivity contribution in [2.45, 2.75) is 63.8 Å². The first-order valence-electron chi connectivity index (χ1n) is 9.52. The van der Waals surface area contributed by atoms with Crippen LogP contribution in [0.15, 0.2) is 0 Å². The van der Waals surface area contributed by atoms with E-state index in [1.54, 1.807) is 0 Å². The minimum absolute atomic E-state index is 0.472. The SMILES string of the molecule is C1CCCN(c2nc(N[C@H]3CCCNC3)nc3c2CCC3)CC1. The Labute approximate surface area is 139 Å². The van der Waals surface area contributed by atoms with E-state index in [-0.39, 0.29) is 0 Å². The smallest absolute Gasteiger partial charge is 0.225 e. The fourth-order valence-corrected chi connectivity index (χ4v) is 4.18. The number of hydrogen-bond donors (Lipinski definition) is 2. The maximum absolute atomic E-state index is 4.98. The molecule has 0 radical (unpaired) electrons. The molecular weight excluding hydrogens is 286 g/mol. The molecule has 2 fully saturated rings. The summed E-state index contributed by atoms with van der Waals surface area (Å²) in [5.41, 5.74) is 2.73. The van der Waals surface area contributed by atoms with Gasteiger partial charge in [0, 0.05) is 31.2 Å².